The number of anilines is 3. The third-order valence-corrected chi connectivity index (χ3v) is 5.55. The maximum atomic E-state index is 5.42. The fourth-order valence-corrected chi connectivity index (χ4v) is 3.98. The van der Waals surface area contributed by atoms with Crippen molar-refractivity contribution in [3.05, 3.63) is 65.7 Å². The lowest BCUT2D eigenvalue weighted by Gasteiger charge is -2.12. The molecule has 2 aromatic carbocycles. The van der Waals surface area contributed by atoms with Crippen LogP contribution in [0.1, 0.15) is 5.56 Å². The number of fused-ring (bicyclic) bond motifs is 2. The molecular formula is C21H18N6OS. The number of ether oxygens (including phenoxy) is 1. The van der Waals surface area contributed by atoms with E-state index in [1.807, 2.05) is 53.9 Å². The van der Waals surface area contributed by atoms with Crippen molar-refractivity contribution in [3.8, 4) is 5.75 Å². The van der Waals surface area contributed by atoms with Crippen LogP contribution in [0, 0.1) is 0 Å². The number of benzene rings is 2. The number of aromatic nitrogens is 4. The molecule has 0 aliphatic heterocycles. The van der Waals surface area contributed by atoms with Gasteiger partial charge in [-0.05, 0) is 35.7 Å². The molecule has 0 radical (unpaired) electrons. The Balaban J connectivity index is 1.45. The number of hydrogen-bond donors (Lipinski definition) is 3. The van der Waals surface area contributed by atoms with Crippen molar-refractivity contribution in [3.63, 3.8) is 0 Å². The standard InChI is InChI=1S/C21H18N6OS/c1-28-18-5-3-2-4-13(18)11-22-21-25-17-8-9-29-19(17)20(26-21)24-15-6-7-16-14(10-15)12-23-27-16/h2-10,12H,11H2,1H3,(H,23,27)(H2,22,24,25,26). The Kier molecular flexibility index (Phi) is 4.45. The number of para-hydroxylation sites is 1. The molecule has 3 heterocycles. The molecule has 0 unspecified atom stereocenters. The van der Waals surface area contributed by atoms with Gasteiger partial charge in [0, 0.05) is 23.2 Å². The summed E-state index contributed by atoms with van der Waals surface area (Å²) in [6, 6.07) is 16.0. The molecule has 0 saturated heterocycles. The zero-order valence-corrected chi connectivity index (χ0v) is 16.5. The summed E-state index contributed by atoms with van der Waals surface area (Å²) in [6.07, 6.45) is 1.81. The van der Waals surface area contributed by atoms with Crippen LogP contribution in [-0.2, 0) is 6.54 Å². The molecule has 144 valence electrons. The first-order chi connectivity index (χ1) is 14.3. The first-order valence-corrected chi connectivity index (χ1v) is 9.99. The topological polar surface area (TPSA) is 87.8 Å². The van der Waals surface area contributed by atoms with Crippen LogP contribution in [0.2, 0.25) is 0 Å². The van der Waals surface area contributed by atoms with Crippen molar-refractivity contribution >= 4 is 49.9 Å². The lowest BCUT2D eigenvalue weighted by atomic mass is 10.2. The zero-order chi connectivity index (χ0) is 19.6. The molecule has 5 aromatic rings. The highest BCUT2D eigenvalue weighted by Crippen LogP contribution is 2.30. The van der Waals surface area contributed by atoms with E-state index in [1.165, 1.54) is 0 Å². The maximum absolute atomic E-state index is 5.42. The fourth-order valence-electron chi connectivity index (χ4n) is 3.21. The van der Waals surface area contributed by atoms with Crippen LogP contribution in [-0.4, -0.2) is 27.3 Å². The van der Waals surface area contributed by atoms with E-state index in [0.717, 1.165) is 43.9 Å². The van der Waals surface area contributed by atoms with Crippen molar-refractivity contribution < 1.29 is 4.74 Å². The maximum Gasteiger partial charge on any atom is 0.225 e. The molecule has 0 saturated carbocycles. The molecule has 3 N–H and O–H groups in total. The van der Waals surface area contributed by atoms with E-state index in [9.17, 15) is 0 Å². The zero-order valence-electron chi connectivity index (χ0n) is 15.6. The lowest BCUT2D eigenvalue weighted by Crippen LogP contribution is -2.06. The van der Waals surface area contributed by atoms with Gasteiger partial charge in [-0.2, -0.15) is 10.1 Å². The van der Waals surface area contributed by atoms with Gasteiger partial charge in [0.25, 0.3) is 0 Å². The highest BCUT2D eigenvalue weighted by atomic mass is 32.1. The first kappa shape index (κ1) is 17.4. The van der Waals surface area contributed by atoms with Crippen molar-refractivity contribution in [1.82, 2.24) is 20.2 Å². The molecule has 0 aliphatic rings. The molecule has 0 spiro atoms. The quantitative estimate of drug-likeness (QED) is 0.373. The van der Waals surface area contributed by atoms with E-state index in [0.29, 0.717) is 12.5 Å². The molecular weight excluding hydrogens is 384 g/mol. The largest absolute Gasteiger partial charge is 0.496 e. The number of aromatic amines is 1. The third kappa shape index (κ3) is 3.45. The first-order valence-electron chi connectivity index (χ1n) is 9.11. The molecule has 0 atom stereocenters. The summed E-state index contributed by atoms with van der Waals surface area (Å²) < 4.78 is 6.44. The monoisotopic (exact) mass is 402 g/mol. The van der Waals surface area contributed by atoms with Crippen LogP contribution >= 0.6 is 11.3 Å². The van der Waals surface area contributed by atoms with E-state index >= 15 is 0 Å². The van der Waals surface area contributed by atoms with Gasteiger partial charge in [0.05, 0.1) is 29.0 Å². The Morgan fingerprint density at radius 1 is 1.10 bits per heavy atom. The number of rotatable bonds is 6. The second kappa shape index (κ2) is 7.40. The second-order valence-corrected chi connectivity index (χ2v) is 7.41. The minimum absolute atomic E-state index is 0.564. The van der Waals surface area contributed by atoms with Crippen molar-refractivity contribution in [2.75, 3.05) is 17.7 Å². The highest BCUT2D eigenvalue weighted by molar-refractivity contribution is 7.17. The van der Waals surface area contributed by atoms with Crippen LogP contribution in [0.25, 0.3) is 21.1 Å². The number of methoxy groups -OCH3 is 1. The normalized spacial score (nSPS) is 11.1. The number of H-pyrrole nitrogens is 1. The summed E-state index contributed by atoms with van der Waals surface area (Å²) >= 11 is 1.61. The highest BCUT2D eigenvalue weighted by Gasteiger charge is 2.11. The smallest absolute Gasteiger partial charge is 0.225 e. The summed E-state index contributed by atoms with van der Waals surface area (Å²) in [7, 11) is 1.67. The summed E-state index contributed by atoms with van der Waals surface area (Å²) in [5.41, 5.74) is 3.89. The Labute approximate surface area is 170 Å². The summed E-state index contributed by atoms with van der Waals surface area (Å²) in [5, 5.41) is 16.9. The minimum atomic E-state index is 0.564. The summed E-state index contributed by atoms with van der Waals surface area (Å²) in [6.45, 7) is 0.570. The minimum Gasteiger partial charge on any atom is -0.496 e. The van der Waals surface area contributed by atoms with Gasteiger partial charge in [-0.25, -0.2) is 4.98 Å². The van der Waals surface area contributed by atoms with Crippen molar-refractivity contribution in [2.24, 2.45) is 0 Å². The van der Waals surface area contributed by atoms with Crippen molar-refractivity contribution in [1.29, 1.82) is 0 Å². The van der Waals surface area contributed by atoms with E-state index in [4.69, 9.17) is 9.72 Å². The lowest BCUT2D eigenvalue weighted by molar-refractivity contribution is 0.410. The van der Waals surface area contributed by atoms with E-state index in [1.54, 1.807) is 24.6 Å². The molecule has 0 bridgehead atoms. The van der Waals surface area contributed by atoms with Gasteiger partial charge in [-0.15, -0.1) is 11.3 Å². The molecule has 0 aliphatic carbocycles. The number of nitrogens with one attached hydrogen (secondary N) is 3. The van der Waals surface area contributed by atoms with Gasteiger partial charge < -0.3 is 15.4 Å². The van der Waals surface area contributed by atoms with E-state index in [-0.39, 0.29) is 0 Å². The van der Waals surface area contributed by atoms with Crippen LogP contribution in [0.3, 0.4) is 0 Å². The van der Waals surface area contributed by atoms with Gasteiger partial charge in [-0.3, -0.25) is 5.10 Å². The van der Waals surface area contributed by atoms with Gasteiger partial charge in [0.15, 0.2) is 5.82 Å². The number of hydrogen-bond acceptors (Lipinski definition) is 7. The van der Waals surface area contributed by atoms with Gasteiger partial charge in [0.1, 0.15) is 5.75 Å². The molecule has 8 heteroatoms. The Bertz CT molecular complexity index is 1290. The SMILES string of the molecule is COc1ccccc1CNc1nc(Nc2ccc3[nH]ncc3c2)c2sccc2n1. The second-order valence-electron chi connectivity index (χ2n) is 6.49. The van der Waals surface area contributed by atoms with Crippen molar-refractivity contribution in [2.45, 2.75) is 6.54 Å². The summed E-state index contributed by atoms with van der Waals surface area (Å²) in [4.78, 5) is 9.36. The number of thiophene rings is 1. The Morgan fingerprint density at radius 2 is 2.03 bits per heavy atom. The average molecular weight is 402 g/mol. The van der Waals surface area contributed by atoms with E-state index in [2.05, 4.69) is 25.8 Å². The van der Waals surface area contributed by atoms with Crippen LogP contribution in [0.4, 0.5) is 17.5 Å². The van der Waals surface area contributed by atoms with Crippen LogP contribution in [0.15, 0.2) is 60.1 Å². The fraction of sp³-hybridized carbons (Fsp3) is 0.0952. The third-order valence-electron chi connectivity index (χ3n) is 4.64. The number of nitrogens with zero attached hydrogens (tertiary/aromatic N) is 3. The predicted molar refractivity (Wildman–Crippen MR) is 117 cm³/mol. The molecule has 3 aromatic heterocycles. The van der Waals surface area contributed by atoms with Crippen LogP contribution in [0.5, 0.6) is 5.75 Å². The van der Waals surface area contributed by atoms with Gasteiger partial charge >= 0.3 is 0 Å². The summed E-state index contributed by atoms with van der Waals surface area (Å²) in [5.74, 6) is 2.17. The van der Waals surface area contributed by atoms with Gasteiger partial charge in [0.2, 0.25) is 5.95 Å². The molecule has 7 nitrogen and oxygen atoms in total. The Hall–Kier alpha value is -3.65. The molecule has 29 heavy (non-hydrogen) atoms. The molecule has 0 amide bonds. The van der Waals surface area contributed by atoms with Crippen LogP contribution < -0.4 is 15.4 Å². The van der Waals surface area contributed by atoms with E-state index < -0.39 is 0 Å². The molecule has 5 rings (SSSR count). The predicted octanol–water partition coefficient (Wildman–Crippen LogP) is 4.93. The van der Waals surface area contributed by atoms with Gasteiger partial charge in [-0.1, -0.05) is 18.2 Å². The molecule has 0 fully saturated rings. The Morgan fingerprint density at radius 3 is 2.97 bits per heavy atom. The average Bonchev–Trinajstić information content (AvgIpc) is 3.41.